The molecule has 40 heavy (non-hydrogen) atoms. The molecule has 10 heteroatoms. The molecule has 2 aliphatic rings. The Hall–Kier alpha value is -4.15. The van der Waals surface area contributed by atoms with Crippen LogP contribution in [-0.4, -0.2) is 34.6 Å². The van der Waals surface area contributed by atoms with Crippen molar-refractivity contribution in [1.29, 1.82) is 0 Å². The third-order valence-electron chi connectivity index (χ3n) is 7.18. The van der Waals surface area contributed by atoms with Crippen molar-refractivity contribution in [3.8, 4) is 5.75 Å². The minimum absolute atomic E-state index is 0.205. The minimum Gasteiger partial charge on any atom is -0.497 e. The van der Waals surface area contributed by atoms with Crippen LogP contribution in [0.15, 0.2) is 88.7 Å². The number of thiazole rings is 1. The second-order valence-corrected chi connectivity index (χ2v) is 11.8. The Labute approximate surface area is 238 Å². The molecule has 3 aromatic carbocycles. The van der Waals surface area contributed by atoms with Crippen molar-refractivity contribution in [2.45, 2.75) is 29.7 Å². The molecule has 2 aliphatic heterocycles. The highest BCUT2D eigenvalue weighted by Gasteiger charge is 2.56. The fourth-order valence-electron chi connectivity index (χ4n) is 5.24. The normalized spacial score (nSPS) is 19.8. The molecule has 3 amide bonds. The summed E-state index contributed by atoms with van der Waals surface area (Å²) in [5.41, 5.74) is 2.96. The van der Waals surface area contributed by atoms with Crippen LogP contribution in [0, 0.1) is 12.8 Å². The summed E-state index contributed by atoms with van der Waals surface area (Å²) in [5.74, 6) is -1.56. The zero-order valence-electron chi connectivity index (χ0n) is 21.7. The quantitative estimate of drug-likeness (QED) is 0.338. The number of methoxy groups -OCH3 is 1. The highest BCUT2D eigenvalue weighted by atomic mass is 32.2. The number of imide groups is 1. The topological polar surface area (TPSA) is 97.7 Å². The van der Waals surface area contributed by atoms with E-state index in [9.17, 15) is 19.2 Å². The van der Waals surface area contributed by atoms with Crippen LogP contribution in [0.1, 0.15) is 21.9 Å². The molecular formula is C30H25N3O5S2. The van der Waals surface area contributed by atoms with Crippen LogP contribution in [-0.2, 0) is 20.9 Å². The second kappa shape index (κ2) is 10.4. The maximum atomic E-state index is 13.9. The van der Waals surface area contributed by atoms with E-state index in [1.54, 1.807) is 43.5 Å². The summed E-state index contributed by atoms with van der Waals surface area (Å²) in [7, 11) is 1.57. The Morgan fingerprint density at radius 1 is 0.925 bits per heavy atom. The first-order chi connectivity index (χ1) is 19.4. The molecule has 3 heterocycles. The van der Waals surface area contributed by atoms with Crippen LogP contribution in [0.3, 0.4) is 0 Å². The van der Waals surface area contributed by atoms with Crippen molar-refractivity contribution in [3.63, 3.8) is 0 Å². The average molecular weight is 572 g/mol. The molecule has 0 spiro atoms. The smallest absolute Gasteiger partial charge is 0.308 e. The monoisotopic (exact) mass is 571 g/mol. The summed E-state index contributed by atoms with van der Waals surface area (Å²) in [6.07, 6.45) is 0. The largest absolute Gasteiger partial charge is 0.497 e. The Balaban J connectivity index is 1.42. The number of benzene rings is 3. The SMILES string of the molecule is COc1ccc([C@@H]2c3sc(=O)n(CC(=O)Nc4ccccc4)c3S[C@H]3C(=O)N(c4ccc(C)cc4)C(=O)[C@@H]23)cc1. The van der Waals surface area contributed by atoms with Gasteiger partial charge < -0.3 is 10.1 Å². The number of anilines is 2. The van der Waals surface area contributed by atoms with E-state index in [2.05, 4.69) is 5.32 Å². The van der Waals surface area contributed by atoms with Gasteiger partial charge in [-0.15, -0.1) is 0 Å². The molecule has 0 bridgehead atoms. The van der Waals surface area contributed by atoms with E-state index >= 15 is 0 Å². The molecule has 202 valence electrons. The zero-order valence-corrected chi connectivity index (χ0v) is 23.3. The predicted molar refractivity (Wildman–Crippen MR) is 155 cm³/mol. The summed E-state index contributed by atoms with van der Waals surface area (Å²) in [4.78, 5) is 55.6. The van der Waals surface area contributed by atoms with Gasteiger partial charge in [0.15, 0.2) is 0 Å². The van der Waals surface area contributed by atoms with Gasteiger partial charge in [-0.05, 0) is 48.9 Å². The van der Waals surface area contributed by atoms with E-state index in [1.165, 1.54) is 21.2 Å². The van der Waals surface area contributed by atoms with Crippen molar-refractivity contribution < 1.29 is 19.1 Å². The van der Waals surface area contributed by atoms with Gasteiger partial charge in [0.2, 0.25) is 17.7 Å². The fourth-order valence-corrected chi connectivity index (χ4v) is 8.01. The van der Waals surface area contributed by atoms with Crippen LogP contribution in [0.5, 0.6) is 5.75 Å². The van der Waals surface area contributed by atoms with Gasteiger partial charge in [0, 0.05) is 16.5 Å². The first-order valence-corrected chi connectivity index (χ1v) is 14.4. The summed E-state index contributed by atoms with van der Waals surface area (Å²) < 4.78 is 6.74. The van der Waals surface area contributed by atoms with E-state index in [1.807, 2.05) is 49.4 Å². The van der Waals surface area contributed by atoms with Crippen LogP contribution < -0.4 is 19.8 Å². The number of thioether (sulfide) groups is 1. The van der Waals surface area contributed by atoms with E-state index in [0.717, 1.165) is 22.5 Å². The highest BCUT2D eigenvalue weighted by molar-refractivity contribution is 8.00. The zero-order chi connectivity index (χ0) is 28.0. The molecule has 8 nitrogen and oxygen atoms in total. The molecule has 0 radical (unpaired) electrons. The fraction of sp³-hybridized carbons (Fsp3) is 0.200. The summed E-state index contributed by atoms with van der Waals surface area (Å²) in [5, 5.41) is 2.62. The highest BCUT2D eigenvalue weighted by Crippen LogP contribution is 2.54. The third kappa shape index (κ3) is 4.52. The van der Waals surface area contributed by atoms with Crippen molar-refractivity contribution in [2.75, 3.05) is 17.3 Å². The van der Waals surface area contributed by atoms with Gasteiger partial charge in [0.25, 0.3) is 0 Å². The second-order valence-electron chi connectivity index (χ2n) is 9.70. The Morgan fingerprint density at radius 2 is 1.62 bits per heavy atom. The maximum Gasteiger partial charge on any atom is 0.308 e. The maximum absolute atomic E-state index is 13.9. The van der Waals surface area contributed by atoms with Crippen molar-refractivity contribution in [1.82, 2.24) is 4.57 Å². The van der Waals surface area contributed by atoms with Gasteiger partial charge in [0.05, 0.1) is 23.7 Å². The summed E-state index contributed by atoms with van der Waals surface area (Å²) in [6, 6.07) is 23.6. The Morgan fingerprint density at radius 3 is 2.30 bits per heavy atom. The van der Waals surface area contributed by atoms with Crippen LogP contribution >= 0.6 is 23.1 Å². The molecule has 0 unspecified atom stereocenters. The lowest BCUT2D eigenvalue weighted by Gasteiger charge is -2.30. The summed E-state index contributed by atoms with van der Waals surface area (Å²) in [6.45, 7) is 1.74. The number of para-hydroxylation sites is 1. The molecule has 1 aromatic heterocycles. The van der Waals surface area contributed by atoms with Crippen LogP contribution in [0.25, 0.3) is 0 Å². The summed E-state index contributed by atoms with van der Waals surface area (Å²) >= 11 is 2.22. The van der Waals surface area contributed by atoms with Gasteiger partial charge in [-0.25, -0.2) is 4.90 Å². The van der Waals surface area contributed by atoms with Crippen LogP contribution in [0.2, 0.25) is 0 Å². The van der Waals surface area contributed by atoms with Gasteiger partial charge >= 0.3 is 4.87 Å². The number of nitrogens with one attached hydrogen (secondary N) is 1. The van der Waals surface area contributed by atoms with Crippen LogP contribution in [0.4, 0.5) is 11.4 Å². The molecule has 0 aliphatic carbocycles. The number of hydrogen-bond donors (Lipinski definition) is 1. The van der Waals surface area contributed by atoms with Gasteiger partial charge in [-0.3, -0.25) is 23.7 Å². The number of rotatable bonds is 6. The van der Waals surface area contributed by atoms with Crippen molar-refractivity contribution >= 4 is 52.2 Å². The lowest BCUT2D eigenvalue weighted by atomic mass is 9.83. The molecule has 1 fully saturated rings. The number of amides is 3. The van der Waals surface area contributed by atoms with E-state index in [0.29, 0.717) is 27.0 Å². The van der Waals surface area contributed by atoms with E-state index < -0.39 is 17.1 Å². The average Bonchev–Trinajstić information content (AvgIpc) is 3.40. The Kier molecular flexibility index (Phi) is 6.81. The van der Waals surface area contributed by atoms with Gasteiger partial charge in [-0.2, -0.15) is 0 Å². The predicted octanol–water partition coefficient (Wildman–Crippen LogP) is 4.66. The number of aromatic nitrogens is 1. The van der Waals surface area contributed by atoms with Gasteiger partial charge in [0.1, 0.15) is 17.5 Å². The standard InChI is InChI=1S/C30H25N3O5S2/c1-17-8-12-20(13-9-17)33-27(35)24-23(18-10-14-21(38-2)15-11-18)26-29(39-25(24)28(33)36)32(30(37)40-26)16-22(34)31-19-6-4-3-5-7-19/h3-15,23-25H,16H2,1-2H3,(H,31,34)/t23-,24-,25+/m0/s1. The molecule has 1 saturated heterocycles. The van der Waals surface area contributed by atoms with Crippen molar-refractivity contribution in [3.05, 3.63) is 105 Å². The first-order valence-electron chi connectivity index (χ1n) is 12.7. The number of aryl methyl sites for hydroxylation is 1. The molecule has 1 N–H and O–H groups in total. The Bertz CT molecular complexity index is 1660. The number of carbonyl (C=O) groups excluding carboxylic acids is 3. The molecule has 6 rings (SSSR count). The van der Waals surface area contributed by atoms with Crippen molar-refractivity contribution in [2.24, 2.45) is 5.92 Å². The molecule has 4 aromatic rings. The first kappa shape index (κ1) is 26.1. The number of fused-ring (bicyclic) bond motifs is 2. The molecule has 0 saturated carbocycles. The lowest BCUT2D eigenvalue weighted by molar-refractivity contribution is -0.122. The number of nitrogens with zero attached hydrogens (tertiary/aromatic N) is 2. The molecular weight excluding hydrogens is 546 g/mol. The van der Waals surface area contributed by atoms with E-state index in [-0.39, 0.29) is 29.1 Å². The molecule has 3 atom stereocenters. The number of hydrogen-bond acceptors (Lipinski definition) is 7. The third-order valence-corrected chi connectivity index (χ3v) is 9.78. The number of ether oxygens (including phenoxy) is 1. The van der Waals surface area contributed by atoms with E-state index in [4.69, 9.17) is 4.74 Å². The van der Waals surface area contributed by atoms with Gasteiger partial charge in [-0.1, -0.05) is 71.1 Å². The minimum atomic E-state index is -0.745. The number of carbonyl (C=O) groups is 3. The lowest BCUT2D eigenvalue weighted by Crippen LogP contribution is -2.33.